The highest BCUT2D eigenvalue weighted by molar-refractivity contribution is 7.92. The topological polar surface area (TPSA) is 64.0 Å². The van der Waals surface area contributed by atoms with Crippen LogP contribution in [0.1, 0.15) is 29.5 Å². The van der Waals surface area contributed by atoms with E-state index in [1.807, 2.05) is 37.6 Å². The van der Waals surface area contributed by atoms with Gasteiger partial charge in [-0.15, -0.1) is 0 Å². The zero-order chi connectivity index (χ0) is 15.9. The Labute approximate surface area is 131 Å². The van der Waals surface area contributed by atoms with Crippen LogP contribution in [0.25, 0.3) is 0 Å². The molecule has 0 unspecified atom stereocenters. The van der Waals surface area contributed by atoms with Crippen molar-refractivity contribution < 1.29 is 8.42 Å². The van der Waals surface area contributed by atoms with Crippen molar-refractivity contribution >= 4 is 15.7 Å². The predicted molar refractivity (Wildman–Crippen MR) is 86.4 cm³/mol. The van der Waals surface area contributed by atoms with Gasteiger partial charge < -0.3 is 0 Å². The van der Waals surface area contributed by atoms with Gasteiger partial charge in [-0.25, -0.2) is 8.42 Å². The van der Waals surface area contributed by atoms with Crippen molar-refractivity contribution in [3.8, 4) is 0 Å². The Kier molecular flexibility index (Phi) is 3.72. The van der Waals surface area contributed by atoms with Gasteiger partial charge in [0.25, 0.3) is 10.0 Å². The first-order valence-corrected chi connectivity index (χ1v) is 8.96. The minimum Gasteiger partial charge on any atom is -0.276 e. The van der Waals surface area contributed by atoms with Crippen LogP contribution in [0, 0.1) is 26.7 Å². The van der Waals surface area contributed by atoms with E-state index in [-0.39, 0.29) is 0 Å². The first kappa shape index (κ1) is 15.1. The van der Waals surface area contributed by atoms with Gasteiger partial charge >= 0.3 is 0 Å². The van der Waals surface area contributed by atoms with Crippen LogP contribution >= 0.6 is 0 Å². The minimum absolute atomic E-state index is 0.355. The fourth-order valence-electron chi connectivity index (χ4n) is 2.88. The molecule has 2 aromatic rings. The maximum absolute atomic E-state index is 12.7. The molecule has 1 aromatic heterocycles. The summed E-state index contributed by atoms with van der Waals surface area (Å²) in [5.41, 5.74) is 3.09. The van der Waals surface area contributed by atoms with Gasteiger partial charge in [0.2, 0.25) is 0 Å². The van der Waals surface area contributed by atoms with E-state index in [0.717, 1.165) is 23.2 Å². The molecule has 1 fully saturated rings. The fraction of sp³-hybridized carbons (Fsp3) is 0.438. The third-order valence-electron chi connectivity index (χ3n) is 3.90. The molecular formula is C16H21N3O2S. The molecule has 0 radical (unpaired) electrons. The number of aromatic nitrogens is 2. The molecule has 1 aromatic carbocycles. The van der Waals surface area contributed by atoms with Crippen LogP contribution in [0.15, 0.2) is 29.4 Å². The van der Waals surface area contributed by atoms with E-state index in [1.165, 1.54) is 12.8 Å². The lowest BCUT2D eigenvalue weighted by Crippen LogP contribution is -2.15. The highest BCUT2D eigenvalue weighted by atomic mass is 32.2. The van der Waals surface area contributed by atoms with Crippen molar-refractivity contribution in [1.29, 1.82) is 0 Å². The Morgan fingerprint density at radius 3 is 2.45 bits per heavy atom. The second-order valence-electron chi connectivity index (χ2n) is 6.23. The SMILES string of the molecule is Cc1cc(C)c(S(=O)(=O)Nc2cnn(CC3CC3)c2)c(C)c1. The average molecular weight is 319 g/mol. The van der Waals surface area contributed by atoms with Crippen LogP contribution < -0.4 is 4.72 Å². The third-order valence-corrected chi connectivity index (χ3v) is 5.59. The van der Waals surface area contributed by atoms with Crippen molar-refractivity contribution in [3.05, 3.63) is 41.2 Å². The molecule has 22 heavy (non-hydrogen) atoms. The summed E-state index contributed by atoms with van der Waals surface area (Å²) in [6.07, 6.45) is 5.80. The number of nitrogens with one attached hydrogen (secondary N) is 1. The van der Waals surface area contributed by atoms with Crippen molar-refractivity contribution in [3.63, 3.8) is 0 Å². The largest absolute Gasteiger partial charge is 0.276 e. The molecule has 0 spiro atoms. The molecule has 118 valence electrons. The van der Waals surface area contributed by atoms with Crippen molar-refractivity contribution in [2.75, 3.05) is 4.72 Å². The molecule has 0 saturated heterocycles. The molecule has 1 aliphatic rings. The van der Waals surface area contributed by atoms with Gasteiger partial charge in [-0.3, -0.25) is 9.40 Å². The van der Waals surface area contributed by atoms with Crippen LogP contribution in [0.2, 0.25) is 0 Å². The molecule has 1 N–H and O–H groups in total. The van der Waals surface area contributed by atoms with Crippen LogP contribution in [0.4, 0.5) is 5.69 Å². The first-order valence-electron chi connectivity index (χ1n) is 7.48. The molecule has 0 amide bonds. The number of aryl methyl sites for hydroxylation is 3. The first-order chi connectivity index (χ1) is 10.3. The van der Waals surface area contributed by atoms with Crippen molar-refractivity contribution in [2.24, 2.45) is 5.92 Å². The highest BCUT2D eigenvalue weighted by Crippen LogP contribution is 2.30. The predicted octanol–water partition coefficient (Wildman–Crippen LogP) is 3.02. The van der Waals surface area contributed by atoms with Crippen molar-refractivity contribution in [1.82, 2.24) is 9.78 Å². The molecule has 0 bridgehead atoms. The number of anilines is 1. The summed E-state index contributed by atoms with van der Waals surface area (Å²) in [7, 11) is -3.59. The summed E-state index contributed by atoms with van der Waals surface area (Å²) in [4.78, 5) is 0.355. The summed E-state index contributed by atoms with van der Waals surface area (Å²) < 4.78 is 29.7. The number of nitrogens with zero attached hydrogens (tertiary/aromatic N) is 2. The summed E-state index contributed by atoms with van der Waals surface area (Å²) in [5, 5.41) is 4.22. The van der Waals surface area contributed by atoms with Gasteiger partial charge in [0, 0.05) is 12.7 Å². The molecule has 3 rings (SSSR count). The number of benzene rings is 1. The van der Waals surface area contributed by atoms with E-state index < -0.39 is 10.0 Å². The quantitative estimate of drug-likeness (QED) is 0.921. The van der Waals surface area contributed by atoms with E-state index >= 15 is 0 Å². The second kappa shape index (κ2) is 5.43. The van der Waals surface area contributed by atoms with Crippen molar-refractivity contribution in [2.45, 2.75) is 45.1 Å². The molecule has 0 aliphatic heterocycles. The van der Waals surface area contributed by atoms with E-state index in [4.69, 9.17) is 0 Å². The van der Waals surface area contributed by atoms with E-state index in [9.17, 15) is 8.42 Å². The van der Waals surface area contributed by atoms with Gasteiger partial charge in [0.05, 0.1) is 16.8 Å². The summed E-state index contributed by atoms with van der Waals surface area (Å²) in [6, 6.07) is 3.77. The summed E-state index contributed by atoms with van der Waals surface area (Å²) >= 11 is 0. The van der Waals surface area contributed by atoms with Crippen LogP contribution in [0.3, 0.4) is 0 Å². The molecule has 1 heterocycles. The van der Waals surface area contributed by atoms with Crippen LogP contribution in [-0.4, -0.2) is 18.2 Å². The Balaban J connectivity index is 1.85. The Bertz CT molecular complexity index is 782. The van der Waals surface area contributed by atoms with Gasteiger partial charge in [-0.05, 0) is 50.7 Å². The van der Waals surface area contributed by atoms with Gasteiger partial charge in [0.1, 0.15) is 0 Å². The zero-order valence-electron chi connectivity index (χ0n) is 13.1. The molecule has 6 heteroatoms. The molecule has 1 saturated carbocycles. The second-order valence-corrected chi connectivity index (χ2v) is 7.85. The number of rotatable bonds is 5. The van der Waals surface area contributed by atoms with E-state index in [1.54, 1.807) is 12.4 Å². The number of hydrogen-bond acceptors (Lipinski definition) is 3. The maximum Gasteiger partial charge on any atom is 0.262 e. The number of hydrogen-bond donors (Lipinski definition) is 1. The number of sulfonamides is 1. The van der Waals surface area contributed by atoms with Crippen LogP contribution in [-0.2, 0) is 16.6 Å². The van der Waals surface area contributed by atoms with Gasteiger partial charge in [-0.1, -0.05) is 17.7 Å². The van der Waals surface area contributed by atoms with Crippen LogP contribution in [0.5, 0.6) is 0 Å². The standard InChI is InChI=1S/C16H21N3O2S/c1-11-6-12(2)16(13(3)7-11)22(20,21)18-15-8-17-19(10-15)9-14-4-5-14/h6-8,10,14,18H,4-5,9H2,1-3H3. The third kappa shape index (κ3) is 3.16. The van der Waals surface area contributed by atoms with Gasteiger partial charge in [-0.2, -0.15) is 5.10 Å². The molecule has 1 aliphatic carbocycles. The lowest BCUT2D eigenvalue weighted by molar-refractivity contribution is 0.563. The minimum atomic E-state index is -3.59. The summed E-state index contributed by atoms with van der Waals surface area (Å²) in [6.45, 7) is 6.48. The Morgan fingerprint density at radius 2 is 1.86 bits per heavy atom. The molecule has 0 atom stereocenters. The van der Waals surface area contributed by atoms with Gasteiger partial charge in [0.15, 0.2) is 0 Å². The monoisotopic (exact) mass is 319 g/mol. The molecular weight excluding hydrogens is 298 g/mol. The Hall–Kier alpha value is -1.82. The normalized spacial score (nSPS) is 15.0. The van der Waals surface area contributed by atoms with E-state index in [0.29, 0.717) is 16.5 Å². The zero-order valence-corrected chi connectivity index (χ0v) is 13.9. The Morgan fingerprint density at radius 1 is 1.23 bits per heavy atom. The molecule has 5 nitrogen and oxygen atoms in total. The lowest BCUT2D eigenvalue weighted by Gasteiger charge is -2.12. The maximum atomic E-state index is 12.7. The van der Waals surface area contributed by atoms with E-state index in [2.05, 4.69) is 9.82 Å². The summed E-state index contributed by atoms with van der Waals surface area (Å²) in [5.74, 6) is 0.700. The smallest absolute Gasteiger partial charge is 0.262 e. The average Bonchev–Trinajstić information content (AvgIpc) is 3.07. The lowest BCUT2D eigenvalue weighted by atomic mass is 10.1. The fourth-order valence-corrected chi connectivity index (χ4v) is 4.36. The highest BCUT2D eigenvalue weighted by Gasteiger charge is 2.23.